The van der Waals surface area contributed by atoms with E-state index in [4.69, 9.17) is 10.5 Å². The second-order valence-electron chi connectivity index (χ2n) is 4.04. The third-order valence-corrected chi connectivity index (χ3v) is 2.75. The fourth-order valence-electron chi connectivity index (χ4n) is 1.35. The summed E-state index contributed by atoms with van der Waals surface area (Å²) >= 11 is 0. The van der Waals surface area contributed by atoms with Gasteiger partial charge >= 0.3 is 0 Å². The minimum Gasteiger partial charge on any atom is -0.379 e. The fourth-order valence-corrected chi connectivity index (χ4v) is 1.35. The molecule has 0 aromatic heterocycles. The molecule has 1 heterocycles. The Kier molecular flexibility index (Phi) is 3.29. The first-order valence-corrected chi connectivity index (χ1v) is 4.77. The Hall–Kier alpha value is -0.870. The van der Waals surface area contributed by atoms with Crippen molar-refractivity contribution < 1.29 is 9.53 Å². The molecular formula is C10H18N2O2. The maximum absolute atomic E-state index is 11.8. The zero-order valence-corrected chi connectivity index (χ0v) is 8.75. The van der Waals surface area contributed by atoms with Gasteiger partial charge in [0, 0.05) is 12.1 Å². The van der Waals surface area contributed by atoms with Gasteiger partial charge in [-0.05, 0) is 13.8 Å². The standard InChI is InChI=1S/C10H18N2O2/c1-4-7(2)12-9(13)10(3)6-14-5-8(10)11/h4,7-8H,1,5-6,11H2,2-3H3,(H,12,13). The van der Waals surface area contributed by atoms with E-state index in [0.717, 1.165) is 0 Å². The van der Waals surface area contributed by atoms with Gasteiger partial charge in [-0.15, -0.1) is 6.58 Å². The molecule has 1 amide bonds. The smallest absolute Gasteiger partial charge is 0.230 e. The van der Waals surface area contributed by atoms with Gasteiger partial charge in [0.25, 0.3) is 0 Å². The Bertz CT molecular complexity index is 242. The van der Waals surface area contributed by atoms with Gasteiger partial charge in [0.15, 0.2) is 0 Å². The van der Waals surface area contributed by atoms with Gasteiger partial charge in [0.1, 0.15) is 0 Å². The van der Waals surface area contributed by atoms with Crippen molar-refractivity contribution in [3.8, 4) is 0 Å². The summed E-state index contributed by atoms with van der Waals surface area (Å²) in [6.07, 6.45) is 1.68. The van der Waals surface area contributed by atoms with E-state index in [1.54, 1.807) is 6.08 Å². The van der Waals surface area contributed by atoms with Crippen molar-refractivity contribution in [2.45, 2.75) is 25.9 Å². The molecular weight excluding hydrogens is 180 g/mol. The van der Waals surface area contributed by atoms with Crippen LogP contribution in [0.4, 0.5) is 0 Å². The molecule has 80 valence electrons. The largest absolute Gasteiger partial charge is 0.379 e. The van der Waals surface area contributed by atoms with Gasteiger partial charge in [0.2, 0.25) is 5.91 Å². The minimum atomic E-state index is -0.600. The van der Waals surface area contributed by atoms with Crippen LogP contribution < -0.4 is 11.1 Å². The molecule has 0 saturated carbocycles. The minimum absolute atomic E-state index is 0.0351. The third-order valence-electron chi connectivity index (χ3n) is 2.75. The molecule has 4 heteroatoms. The first kappa shape index (κ1) is 11.2. The Morgan fingerprint density at radius 1 is 1.86 bits per heavy atom. The van der Waals surface area contributed by atoms with Crippen molar-refractivity contribution in [3.63, 3.8) is 0 Å². The number of carbonyl (C=O) groups is 1. The SMILES string of the molecule is C=CC(C)NC(=O)C1(C)COCC1N. The summed E-state index contributed by atoms with van der Waals surface area (Å²) in [5.41, 5.74) is 5.22. The van der Waals surface area contributed by atoms with Gasteiger partial charge in [-0.2, -0.15) is 0 Å². The molecule has 3 N–H and O–H groups in total. The monoisotopic (exact) mass is 198 g/mol. The van der Waals surface area contributed by atoms with E-state index in [0.29, 0.717) is 13.2 Å². The average molecular weight is 198 g/mol. The molecule has 1 fully saturated rings. The highest BCUT2D eigenvalue weighted by Crippen LogP contribution is 2.27. The van der Waals surface area contributed by atoms with Crippen molar-refractivity contribution in [2.75, 3.05) is 13.2 Å². The molecule has 0 bridgehead atoms. The predicted octanol–water partition coefficient (Wildman–Crippen LogP) is 0.0409. The van der Waals surface area contributed by atoms with Gasteiger partial charge in [-0.25, -0.2) is 0 Å². The molecule has 1 aliphatic rings. The molecule has 1 saturated heterocycles. The van der Waals surface area contributed by atoms with Crippen LogP contribution in [0.5, 0.6) is 0 Å². The molecule has 3 atom stereocenters. The Morgan fingerprint density at radius 2 is 2.50 bits per heavy atom. The van der Waals surface area contributed by atoms with Crippen LogP contribution >= 0.6 is 0 Å². The van der Waals surface area contributed by atoms with E-state index < -0.39 is 5.41 Å². The lowest BCUT2D eigenvalue weighted by atomic mass is 9.84. The van der Waals surface area contributed by atoms with Crippen LogP contribution in [0.3, 0.4) is 0 Å². The summed E-state index contributed by atoms with van der Waals surface area (Å²) in [6, 6.07) is -0.258. The van der Waals surface area contributed by atoms with Crippen molar-refractivity contribution >= 4 is 5.91 Å². The molecule has 4 nitrogen and oxygen atoms in total. The van der Waals surface area contributed by atoms with Gasteiger partial charge < -0.3 is 15.8 Å². The Morgan fingerprint density at radius 3 is 2.93 bits per heavy atom. The molecule has 0 aromatic rings. The van der Waals surface area contributed by atoms with Crippen LogP contribution in [0, 0.1) is 5.41 Å². The van der Waals surface area contributed by atoms with E-state index in [1.165, 1.54) is 0 Å². The summed E-state index contributed by atoms with van der Waals surface area (Å²) in [6.45, 7) is 8.15. The third kappa shape index (κ3) is 1.96. The number of nitrogens with one attached hydrogen (secondary N) is 1. The van der Waals surface area contributed by atoms with Gasteiger partial charge in [-0.3, -0.25) is 4.79 Å². The average Bonchev–Trinajstić information content (AvgIpc) is 2.48. The lowest BCUT2D eigenvalue weighted by molar-refractivity contribution is -0.131. The van der Waals surface area contributed by atoms with Crippen LogP contribution in [0.1, 0.15) is 13.8 Å². The van der Waals surface area contributed by atoms with Crippen LogP contribution in [-0.2, 0) is 9.53 Å². The van der Waals surface area contributed by atoms with E-state index in [9.17, 15) is 4.79 Å². The van der Waals surface area contributed by atoms with Gasteiger partial charge in [-0.1, -0.05) is 6.08 Å². The topological polar surface area (TPSA) is 64.3 Å². The van der Waals surface area contributed by atoms with Crippen LogP contribution in [0.15, 0.2) is 12.7 Å². The van der Waals surface area contributed by atoms with Gasteiger partial charge in [0.05, 0.1) is 18.6 Å². The molecule has 3 unspecified atom stereocenters. The summed E-state index contributed by atoms with van der Waals surface area (Å²) in [5.74, 6) is -0.0603. The molecule has 0 spiro atoms. The molecule has 1 rings (SSSR count). The number of rotatable bonds is 3. The van der Waals surface area contributed by atoms with Crippen LogP contribution in [0.2, 0.25) is 0 Å². The molecule has 14 heavy (non-hydrogen) atoms. The maximum atomic E-state index is 11.8. The second-order valence-corrected chi connectivity index (χ2v) is 4.04. The van der Waals surface area contributed by atoms with Crippen molar-refractivity contribution in [3.05, 3.63) is 12.7 Å². The molecule has 0 radical (unpaired) electrons. The van der Waals surface area contributed by atoms with Crippen LogP contribution in [-0.4, -0.2) is 31.2 Å². The van der Waals surface area contributed by atoms with Crippen molar-refractivity contribution in [1.29, 1.82) is 0 Å². The number of hydrogen-bond donors (Lipinski definition) is 2. The fraction of sp³-hybridized carbons (Fsp3) is 0.700. The summed E-state index contributed by atoms with van der Waals surface area (Å²) < 4.78 is 5.20. The first-order chi connectivity index (χ1) is 6.50. The number of ether oxygens (including phenoxy) is 1. The van der Waals surface area contributed by atoms with E-state index >= 15 is 0 Å². The zero-order valence-electron chi connectivity index (χ0n) is 8.75. The normalized spacial score (nSPS) is 33.8. The second kappa shape index (κ2) is 4.11. The number of carbonyl (C=O) groups excluding carboxylic acids is 1. The number of amides is 1. The summed E-state index contributed by atoms with van der Waals surface area (Å²) in [4.78, 5) is 11.8. The summed E-state index contributed by atoms with van der Waals surface area (Å²) in [7, 11) is 0. The first-order valence-electron chi connectivity index (χ1n) is 4.77. The van der Waals surface area contributed by atoms with E-state index in [-0.39, 0.29) is 18.0 Å². The Balaban J connectivity index is 2.63. The highest BCUT2D eigenvalue weighted by Gasteiger charge is 2.44. The van der Waals surface area contributed by atoms with E-state index in [1.807, 2.05) is 13.8 Å². The number of nitrogens with two attached hydrogens (primary N) is 1. The van der Waals surface area contributed by atoms with Crippen LogP contribution in [0.25, 0.3) is 0 Å². The number of hydrogen-bond acceptors (Lipinski definition) is 3. The molecule has 1 aliphatic heterocycles. The lowest BCUT2D eigenvalue weighted by Crippen LogP contribution is -2.51. The zero-order chi connectivity index (χ0) is 10.8. The quantitative estimate of drug-likeness (QED) is 0.629. The van der Waals surface area contributed by atoms with E-state index in [2.05, 4.69) is 11.9 Å². The Labute approximate surface area is 84.5 Å². The highest BCUT2D eigenvalue weighted by atomic mass is 16.5. The highest BCUT2D eigenvalue weighted by molar-refractivity contribution is 5.84. The maximum Gasteiger partial charge on any atom is 0.230 e. The summed E-state index contributed by atoms with van der Waals surface area (Å²) in [5, 5.41) is 2.83. The lowest BCUT2D eigenvalue weighted by Gasteiger charge is -2.26. The predicted molar refractivity (Wildman–Crippen MR) is 54.7 cm³/mol. The van der Waals surface area contributed by atoms with Crippen molar-refractivity contribution in [1.82, 2.24) is 5.32 Å². The molecule has 0 aliphatic carbocycles. The van der Waals surface area contributed by atoms with Crippen molar-refractivity contribution in [2.24, 2.45) is 11.1 Å². The molecule has 0 aromatic carbocycles.